The first-order valence-corrected chi connectivity index (χ1v) is 8.05. The van der Waals surface area contributed by atoms with Gasteiger partial charge in [0.05, 0.1) is 17.6 Å². The van der Waals surface area contributed by atoms with E-state index in [0.29, 0.717) is 6.04 Å². The van der Waals surface area contributed by atoms with Crippen LogP contribution >= 0.6 is 0 Å². The fourth-order valence-corrected chi connectivity index (χ4v) is 3.25. The number of aryl methyl sites for hydroxylation is 1. The third kappa shape index (κ3) is 3.11. The fraction of sp³-hybridized carbons (Fsp3) is 0.588. The summed E-state index contributed by atoms with van der Waals surface area (Å²) in [7, 11) is 0. The fourth-order valence-electron chi connectivity index (χ4n) is 3.25. The van der Waals surface area contributed by atoms with Gasteiger partial charge in [-0.15, -0.1) is 0 Å². The number of imidazole rings is 1. The van der Waals surface area contributed by atoms with Crippen molar-refractivity contribution in [3.8, 4) is 0 Å². The molecule has 0 spiro atoms. The minimum absolute atomic E-state index is 0.513. The minimum Gasteiger partial charge on any atom is -0.381 e. The van der Waals surface area contributed by atoms with E-state index in [0.717, 1.165) is 43.6 Å². The van der Waals surface area contributed by atoms with E-state index in [1.807, 2.05) is 0 Å². The Kier molecular flexibility index (Phi) is 4.56. The minimum atomic E-state index is 0.513. The maximum absolute atomic E-state index is 5.44. The van der Waals surface area contributed by atoms with Crippen molar-refractivity contribution in [1.82, 2.24) is 14.9 Å². The van der Waals surface area contributed by atoms with Crippen LogP contribution < -0.4 is 5.32 Å². The topological polar surface area (TPSA) is 39.1 Å². The average Bonchev–Trinajstić information content (AvgIpc) is 2.91. The van der Waals surface area contributed by atoms with Gasteiger partial charge in [-0.3, -0.25) is 0 Å². The molecule has 0 amide bonds. The van der Waals surface area contributed by atoms with Crippen LogP contribution in [0.15, 0.2) is 24.3 Å². The molecule has 1 saturated heterocycles. The molecule has 1 aliphatic rings. The van der Waals surface area contributed by atoms with Crippen LogP contribution in [0.1, 0.15) is 32.5 Å². The predicted molar refractivity (Wildman–Crippen MR) is 85.3 cm³/mol. The lowest BCUT2D eigenvalue weighted by Crippen LogP contribution is -2.36. The number of aromatic nitrogens is 2. The summed E-state index contributed by atoms with van der Waals surface area (Å²) in [6.07, 6.45) is 2.33. The molecule has 4 heteroatoms. The van der Waals surface area contributed by atoms with Gasteiger partial charge in [-0.2, -0.15) is 0 Å². The van der Waals surface area contributed by atoms with Gasteiger partial charge in [-0.1, -0.05) is 12.1 Å². The Balaban J connectivity index is 1.69. The smallest absolute Gasteiger partial charge is 0.123 e. The lowest BCUT2D eigenvalue weighted by Gasteiger charge is -2.28. The van der Waals surface area contributed by atoms with Gasteiger partial charge in [0.2, 0.25) is 0 Å². The van der Waals surface area contributed by atoms with Crippen molar-refractivity contribution in [1.29, 1.82) is 0 Å². The van der Waals surface area contributed by atoms with E-state index in [1.54, 1.807) is 0 Å². The molecule has 1 aromatic carbocycles. The second-order valence-corrected chi connectivity index (χ2v) is 5.88. The summed E-state index contributed by atoms with van der Waals surface area (Å²) >= 11 is 0. The number of para-hydroxylation sites is 2. The van der Waals surface area contributed by atoms with Crippen LogP contribution in [0.2, 0.25) is 0 Å². The van der Waals surface area contributed by atoms with Gasteiger partial charge in [-0.05, 0) is 44.7 Å². The molecule has 4 nitrogen and oxygen atoms in total. The van der Waals surface area contributed by atoms with Gasteiger partial charge in [0, 0.05) is 25.8 Å². The largest absolute Gasteiger partial charge is 0.381 e. The summed E-state index contributed by atoms with van der Waals surface area (Å²) in [6.45, 7) is 8.08. The molecule has 1 unspecified atom stereocenters. The maximum Gasteiger partial charge on any atom is 0.123 e. The number of rotatable bonds is 5. The highest BCUT2D eigenvalue weighted by molar-refractivity contribution is 5.75. The van der Waals surface area contributed by atoms with E-state index in [2.05, 4.69) is 48.0 Å². The predicted octanol–water partition coefficient (Wildman–Crippen LogP) is 2.96. The average molecular weight is 287 g/mol. The number of hydrogen-bond acceptors (Lipinski definition) is 3. The monoisotopic (exact) mass is 287 g/mol. The molecular formula is C17H25N3O. The van der Waals surface area contributed by atoms with Crippen molar-refractivity contribution in [2.75, 3.05) is 13.2 Å². The van der Waals surface area contributed by atoms with E-state index in [1.165, 1.54) is 18.4 Å². The Morgan fingerprint density at radius 3 is 2.86 bits per heavy atom. The summed E-state index contributed by atoms with van der Waals surface area (Å²) in [6, 6.07) is 8.89. The first kappa shape index (κ1) is 14.5. The van der Waals surface area contributed by atoms with Crippen LogP contribution in [0, 0.1) is 5.92 Å². The molecule has 2 heterocycles. The molecule has 1 atom stereocenters. The number of nitrogens with zero attached hydrogens (tertiary/aromatic N) is 2. The first-order valence-electron chi connectivity index (χ1n) is 8.05. The van der Waals surface area contributed by atoms with E-state index in [9.17, 15) is 0 Å². The van der Waals surface area contributed by atoms with Crippen LogP contribution in [-0.4, -0.2) is 28.8 Å². The summed E-state index contributed by atoms with van der Waals surface area (Å²) in [5.74, 6) is 1.86. The van der Waals surface area contributed by atoms with E-state index < -0.39 is 0 Å². The Labute approximate surface area is 126 Å². The molecule has 0 radical (unpaired) electrons. The third-order valence-electron chi connectivity index (χ3n) is 4.61. The van der Waals surface area contributed by atoms with Gasteiger partial charge in [0.15, 0.2) is 0 Å². The van der Waals surface area contributed by atoms with Crippen LogP contribution in [0.25, 0.3) is 11.0 Å². The third-order valence-corrected chi connectivity index (χ3v) is 4.61. The standard InChI is InChI=1S/C17H25N3O/c1-3-20-16-7-5-4-6-15(16)19-17(20)12-18-13(2)14-8-10-21-11-9-14/h4-7,13-14,18H,3,8-12H2,1-2H3. The molecule has 0 bridgehead atoms. The molecule has 114 valence electrons. The molecule has 1 fully saturated rings. The molecule has 0 aliphatic carbocycles. The van der Waals surface area contributed by atoms with Gasteiger partial charge in [-0.25, -0.2) is 4.98 Å². The molecule has 3 rings (SSSR count). The van der Waals surface area contributed by atoms with Gasteiger partial charge >= 0.3 is 0 Å². The van der Waals surface area contributed by atoms with Crippen molar-refractivity contribution in [3.05, 3.63) is 30.1 Å². The Morgan fingerprint density at radius 1 is 1.33 bits per heavy atom. The molecule has 1 N–H and O–H groups in total. The zero-order valence-corrected chi connectivity index (χ0v) is 13.0. The highest BCUT2D eigenvalue weighted by Crippen LogP contribution is 2.20. The molecule has 0 saturated carbocycles. The quantitative estimate of drug-likeness (QED) is 0.919. The van der Waals surface area contributed by atoms with Crippen molar-refractivity contribution in [2.24, 2.45) is 5.92 Å². The second kappa shape index (κ2) is 6.58. The summed E-state index contributed by atoms with van der Waals surface area (Å²) < 4.78 is 7.75. The van der Waals surface area contributed by atoms with Crippen LogP contribution in [0.5, 0.6) is 0 Å². The van der Waals surface area contributed by atoms with Crippen LogP contribution in [0.3, 0.4) is 0 Å². The molecule has 21 heavy (non-hydrogen) atoms. The van der Waals surface area contributed by atoms with E-state index >= 15 is 0 Å². The van der Waals surface area contributed by atoms with Crippen LogP contribution in [0.4, 0.5) is 0 Å². The number of benzene rings is 1. The lowest BCUT2D eigenvalue weighted by molar-refractivity contribution is 0.0556. The number of nitrogens with one attached hydrogen (secondary N) is 1. The Bertz CT molecular complexity index is 587. The van der Waals surface area contributed by atoms with Crippen molar-refractivity contribution >= 4 is 11.0 Å². The number of hydrogen-bond donors (Lipinski definition) is 1. The number of ether oxygens (including phenoxy) is 1. The summed E-state index contributed by atoms with van der Waals surface area (Å²) in [5.41, 5.74) is 2.32. The summed E-state index contributed by atoms with van der Waals surface area (Å²) in [4.78, 5) is 4.78. The zero-order chi connectivity index (χ0) is 14.7. The highest BCUT2D eigenvalue weighted by Gasteiger charge is 2.20. The van der Waals surface area contributed by atoms with E-state index in [4.69, 9.17) is 9.72 Å². The molecule has 1 aliphatic heterocycles. The van der Waals surface area contributed by atoms with Gasteiger partial charge in [0.1, 0.15) is 5.82 Å². The second-order valence-electron chi connectivity index (χ2n) is 5.88. The Hall–Kier alpha value is -1.39. The van der Waals surface area contributed by atoms with Crippen molar-refractivity contribution < 1.29 is 4.74 Å². The lowest BCUT2D eigenvalue weighted by atomic mass is 9.93. The Morgan fingerprint density at radius 2 is 2.10 bits per heavy atom. The molecular weight excluding hydrogens is 262 g/mol. The highest BCUT2D eigenvalue weighted by atomic mass is 16.5. The zero-order valence-electron chi connectivity index (χ0n) is 13.0. The number of fused-ring (bicyclic) bond motifs is 1. The van der Waals surface area contributed by atoms with Gasteiger partial charge in [0.25, 0.3) is 0 Å². The SMILES string of the molecule is CCn1c(CNC(C)C2CCOCC2)nc2ccccc21. The molecule has 1 aromatic heterocycles. The van der Waals surface area contributed by atoms with Crippen molar-refractivity contribution in [3.63, 3.8) is 0 Å². The van der Waals surface area contributed by atoms with Crippen LogP contribution in [-0.2, 0) is 17.8 Å². The van der Waals surface area contributed by atoms with Gasteiger partial charge < -0.3 is 14.6 Å². The molecule has 2 aromatic rings. The normalized spacial score (nSPS) is 18.2. The first-order chi connectivity index (χ1) is 10.3. The van der Waals surface area contributed by atoms with E-state index in [-0.39, 0.29) is 0 Å². The maximum atomic E-state index is 5.44. The summed E-state index contributed by atoms with van der Waals surface area (Å²) in [5, 5.41) is 3.67. The van der Waals surface area contributed by atoms with Crippen molar-refractivity contribution in [2.45, 2.75) is 45.8 Å².